The lowest BCUT2D eigenvalue weighted by Crippen LogP contribution is -2.42. The fourth-order valence-corrected chi connectivity index (χ4v) is 2.99. The molecule has 2 rings (SSSR count). The summed E-state index contributed by atoms with van der Waals surface area (Å²) in [4.78, 5) is 47.0. The topological polar surface area (TPSA) is 127 Å². The molecule has 0 bridgehead atoms. The van der Waals surface area contributed by atoms with Crippen molar-refractivity contribution >= 4 is 40.6 Å². The summed E-state index contributed by atoms with van der Waals surface area (Å²) in [6.07, 6.45) is 1.17. The number of aromatic hydroxyl groups is 1. The van der Waals surface area contributed by atoms with E-state index in [9.17, 15) is 29.6 Å². The zero-order chi connectivity index (χ0) is 18.7. The predicted molar refractivity (Wildman–Crippen MR) is 88.7 cm³/mol. The SMILES string of the molecule is CCOC(=O)[C@H](C)N1C(=O)S/C(=C/c2cc([N+](=O)[O-])ccc2O)C1=O. The average molecular weight is 366 g/mol. The fraction of sp³-hybridized carbons (Fsp3) is 0.267. The van der Waals surface area contributed by atoms with Gasteiger partial charge in [-0.3, -0.25) is 24.6 Å². The first-order valence-electron chi connectivity index (χ1n) is 7.17. The van der Waals surface area contributed by atoms with Crippen LogP contribution in [-0.4, -0.2) is 44.7 Å². The van der Waals surface area contributed by atoms with Crippen LogP contribution in [0.25, 0.3) is 6.08 Å². The third-order valence-corrected chi connectivity index (χ3v) is 4.23. The summed E-state index contributed by atoms with van der Waals surface area (Å²) in [6.45, 7) is 3.07. The second-order valence-electron chi connectivity index (χ2n) is 4.98. The summed E-state index contributed by atoms with van der Waals surface area (Å²) < 4.78 is 4.80. The average Bonchev–Trinajstić information content (AvgIpc) is 2.82. The van der Waals surface area contributed by atoms with E-state index in [2.05, 4.69) is 0 Å². The number of thioether (sulfide) groups is 1. The smallest absolute Gasteiger partial charge is 0.329 e. The van der Waals surface area contributed by atoms with E-state index in [-0.39, 0.29) is 28.5 Å². The number of imide groups is 1. The Kier molecular flexibility index (Phi) is 5.42. The van der Waals surface area contributed by atoms with Gasteiger partial charge in [-0.15, -0.1) is 0 Å². The third kappa shape index (κ3) is 3.79. The minimum absolute atomic E-state index is 0.0171. The molecule has 1 aliphatic heterocycles. The van der Waals surface area contributed by atoms with Crippen molar-refractivity contribution in [3.05, 3.63) is 38.8 Å². The number of nitrogens with zero attached hydrogens (tertiary/aromatic N) is 2. The molecular formula is C15H14N2O7S. The number of hydrogen-bond acceptors (Lipinski definition) is 8. The fourth-order valence-electron chi connectivity index (χ4n) is 2.09. The third-order valence-electron chi connectivity index (χ3n) is 3.35. The number of hydrogen-bond donors (Lipinski definition) is 1. The molecule has 1 N–H and O–H groups in total. The Morgan fingerprint density at radius 2 is 2.16 bits per heavy atom. The van der Waals surface area contributed by atoms with Crippen molar-refractivity contribution in [3.63, 3.8) is 0 Å². The maximum Gasteiger partial charge on any atom is 0.329 e. The van der Waals surface area contributed by atoms with Crippen LogP contribution in [0.3, 0.4) is 0 Å². The van der Waals surface area contributed by atoms with Crippen molar-refractivity contribution in [3.8, 4) is 5.75 Å². The first-order chi connectivity index (χ1) is 11.8. The van der Waals surface area contributed by atoms with Crippen LogP contribution in [0, 0.1) is 10.1 Å². The Labute approximate surface area is 146 Å². The number of non-ortho nitro benzene ring substituents is 1. The largest absolute Gasteiger partial charge is 0.507 e. The number of phenols is 1. The molecule has 0 unspecified atom stereocenters. The minimum atomic E-state index is -1.10. The van der Waals surface area contributed by atoms with Gasteiger partial charge >= 0.3 is 5.97 Å². The van der Waals surface area contributed by atoms with Gasteiger partial charge in [-0.1, -0.05) is 0 Å². The number of amides is 2. The first-order valence-corrected chi connectivity index (χ1v) is 7.99. The highest BCUT2D eigenvalue weighted by Crippen LogP contribution is 2.35. The van der Waals surface area contributed by atoms with E-state index in [0.29, 0.717) is 11.8 Å². The number of rotatable bonds is 5. The summed E-state index contributed by atoms with van der Waals surface area (Å²) >= 11 is 0.573. The molecule has 1 atom stereocenters. The molecule has 0 radical (unpaired) electrons. The van der Waals surface area contributed by atoms with Crippen molar-refractivity contribution in [2.45, 2.75) is 19.9 Å². The molecule has 132 valence electrons. The lowest BCUT2D eigenvalue weighted by Gasteiger charge is -2.19. The van der Waals surface area contributed by atoms with E-state index in [1.807, 2.05) is 0 Å². The summed E-state index contributed by atoms with van der Waals surface area (Å²) in [6, 6.07) is 2.21. The molecule has 0 saturated carbocycles. The Balaban J connectivity index is 2.33. The highest BCUT2D eigenvalue weighted by Gasteiger charge is 2.41. The molecule has 1 aliphatic rings. The summed E-state index contributed by atoms with van der Waals surface area (Å²) in [5.41, 5.74) is -0.258. The number of nitro groups is 1. The molecule has 10 heteroatoms. The van der Waals surface area contributed by atoms with Crippen molar-refractivity contribution < 1.29 is 29.2 Å². The van der Waals surface area contributed by atoms with E-state index in [0.717, 1.165) is 23.1 Å². The van der Waals surface area contributed by atoms with Gasteiger partial charge in [0.1, 0.15) is 11.8 Å². The van der Waals surface area contributed by atoms with Crippen molar-refractivity contribution in [2.24, 2.45) is 0 Å². The van der Waals surface area contributed by atoms with E-state index in [1.165, 1.54) is 13.0 Å². The quantitative estimate of drug-likeness (QED) is 0.364. The molecular weight excluding hydrogens is 352 g/mol. The molecule has 1 aromatic rings. The van der Waals surface area contributed by atoms with Gasteiger partial charge in [-0.25, -0.2) is 4.79 Å². The molecule has 1 saturated heterocycles. The van der Waals surface area contributed by atoms with Crippen LogP contribution in [-0.2, 0) is 14.3 Å². The van der Waals surface area contributed by atoms with Crippen molar-refractivity contribution in [2.75, 3.05) is 6.61 Å². The summed E-state index contributed by atoms with van der Waals surface area (Å²) in [7, 11) is 0. The minimum Gasteiger partial charge on any atom is -0.507 e. The number of phenolic OH excluding ortho intramolecular Hbond substituents is 1. The number of nitro benzene ring substituents is 1. The van der Waals surface area contributed by atoms with E-state index in [1.54, 1.807) is 6.92 Å². The molecule has 0 spiro atoms. The van der Waals surface area contributed by atoms with Gasteiger partial charge in [0, 0.05) is 17.7 Å². The van der Waals surface area contributed by atoms with Crippen LogP contribution in [0.4, 0.5) is 10.5 Å². The molecule has 25 heavy (non-hydrogen) atoms. The molecule has 9 nitrogen and oxygen atoms in total. The standard InChI is InChI=1S/C15H14N2O7S/c1-3-24-14(20)8(2)16-13(19)12(25-15(16)21)7-9-6-10(17(22)23)4-5-11(9)18/h4-8,18H,3H2,1-2H3/b12-7+/t8-/m0/s1. The molecule has 2 amide bonds. The Hall–Kier alpha value is -2.88. The number of carbonyl (C=O) groups is 3. The van der Waals surface area contributed by atoms with Crippen LogP contribution in [0.1, 0.15) is 19.4 Å². The van der Waals surface area contributed by atoms with Gasteiger partial charge in [0.15, 0.2) is 0 Å². The molecule has 1 aromatic carbocycles. The van der Waals surface area contributed by atoms with Gasteiger partial charge in [0.25, 0.3) is 16.8 Å². The lowest BCUT2D eigenvalue weighted by atomic mass is 10.1. The highest BCUT2D eigenvalue weighted by atomic mass is 32.2. The number of esters is 1. The van der Waals surface area contributed by atoms with Gasteiger partial charge in [-0.05, 0) is 37.8 Å². The zero-order valence-electron chi connectivity index (χ0n) is 13.3. The van der Waals surface area contributed by atoms with Gasteiger partial charge in [0.2, 0.25) is 0 Å². The predicted octanol–water partition coefficient (Wildman–Crippen LogP) is 2.29. The van der Waals surface area contributed by atoms with Crippen LogP contribution < -0.4 is 0 Å². The highest BCUT2D eigenvalue weighted by molar-refractivity contribution is 8.18. The Morgan fingerprint density at radius 1 is 1.48 bits per heavy atom. The summed E-state index contributed by atoms with van der Waals surface area (Å²) in [5, 5.41) is 20.0. The second kappa shape index (κ2) is 7.34. The van der Waals surface area contributed by atoms with Crippen LogP contribution in [0.2, 0.25) is 0 Å². The maximum atomic E-state index is 12.4. The van der Waals surface area contributed by atoms with Crippen molar-refractivity contribution in [1.82, 2.24) is 4.90 Å². The molecule has 0 aromatic heterocycles. The molecule has 0 aliphatic carbocycles. The Morgan fingerprint density at radius 3 is 2.76 bits per heavy atom. The van der Waals surface area contributed by atoms with E-state index < -0.39 is 28.1 Å². The van der Waals surface area contributed by atoms with Crippen LogP contribution in [0.15, 0.2) is 23.1 Å². The number of carbonyl (C=O) groups excluding carboxylic acids is 3. The van der Waals surface area contributed by atoms with E-state index in [4.69, 9.17) is 4.74 Å². The van der Waals surface area contributed by atoms with E-state index >= 15 is 0 Å². The van der Waals surface area contributed by atoms with Crippen LogP contribution >= 0.6 is 11.8 Å². The van der Waals surface area contributed by atoms with Gasteiger partial charge in [0.05, 0.1) is 16.4 Å². The maximum absolute atomic E-state index is 12.4. The zero-order valence-corrected chi connectivity index (χ0v) is 14.1. The summed E-state index contributed by atoms with van der Waals surface area (Å²) in [5.74, 6) is -1.73. The first kappa shape index (κ1) is 18.5. The lowest BCUT2D eigenvalue weighted by molar-refractivity contribution is -0.384. The second-order valence-corrected chi connectivity index (χ2v) is 5.97. The number of benzene rings is 1. The van der Waals surface area contributed by atoms with Crippen molar-refractivity contribution in [1.29, 1.82) is 0 Å². The number of ether oxygens (including phenoxy) is 1. The monoisotopic (exact) mass is 366 g/mol. The molecule has 1 heterocycles. The van der Waals surface area contributed by atoms with Gasteiger partial charge < -0.3 is 9.84 Å². The van der Waals surface area contributed by atoms with Gasteiger partial charge in [-0.2, -0.15) is 0 Å². The normalized spacial score (nSPS) is 17.0. The molecule has 1 fully saturated rings. The van der Waals surface area contributed by atoms with Crippen LogP contribution in [0.5, 0.6) is 5.75 Å². The Bertz CT molecular complexity index is 790.